The number of nitrogens with one attached hydrogen (secondary N) is 1. The summed E-state index contributed by atoms with van der Waals surface area (Å²) in [6.45, 7) is 12.4. The van der Waals surface area contributed by atoms with Gasteiger partial charge in [-0.05, 0) is 48.6 Å². The van der Waals surface area contributed by atoms with Crippen LogP contribution in [0.3, 0.4) is 0 Å². The van der Waals surface area contributed by atoms with Crippen molar-refractivity contribution in [2.75, 3.05) is 19.6 Å². The molecular formula is C27H30ClN5O2S. The van der Waals surface area contributed by atoms with Crippen LogP contribution < -0.4 is 5.32 Å². The predicted octanol–water partition coefficient (Wildman–Crippen LogP) is 4.25. The molecule has 2 saturated heterocycles. The van der Waals surface area contributed by atoms with Crippen LogP contribution in [0.1, 0.15) is 36.8 Å². The Bertz CT molecular complexity index is 1380. The van der Waals surface area contributed by atoms with Gasteiger partial charge in [-0.15, -0.1) is 11.3 Å². The number of likely N-dealkylation sites (tertiary alicyclic amines) is 1. The molecule has 1 aliphatic carbocycles. The van der Waals surface area contributed by atoms with Crippen LogP contribution in [0.4, 0.5) is 0 Å². The Kier molecular flexibility index (Phi) is 5.72. The number of carbonyl (C=O) groups is 2. The molecule has 0 bridgehead atoms. The van der Waals surface area contributed by atoms with Gasteiger partial charge in [0.25, 0.3) is 0 Å². The molecule has 36 heavy (non-hydrogen) atoms. The van der Waals surface area contributed by atoms with Gasteiger partial charge in [-0.25, -0.2) is 9.97 Å². The SMILES string of the molecule is Cc1cc(Cl)cc(-c2ncnc3cc(CN4C(=O)C5C(C4=O)C5(C)C)sc23)c1CN1CCNCC1C. The van der Waals surface area contributed by atoms with Crippen LogP contribution >= 0.6 is 22.9 Å². The normalized spacial score (nSPS) is 25.6. The van der Waals surface area contributed by atoms with Crippen LogP contribution in [0.15, 0.2) is 24.5 Å². The van der Waals surface area contributed by atoms with Crippen LogP contribution in [0.25, 0.3) is 21.5 Å². The molecule has 0 radical (unpaired) electrons. The molecule has 2 aromatic heterocycles. The first-order chi connectivity index (χ1) is 17.2. The van der Waals surface area contributed by atoms with E-state index in [-0.39, 0.29) is 29.1 Å². The van der Waals surface area contributed by atoms with Gasteiger partial charge in [-0.2, -0.15) is 0 Å². The Labute approximate surface area is 219 Å². The number of nitrogens with zero attached hydrogens (tertiary/aromatic N) is 4. The van der Waals surface area contributed by atoms with E-state index < -0.39 is 0 Å². The van der Waals surface area contributed by atoms with Gasteiger partial charge in [0, 0.05) is 47.7 Å². The Morgan fingerprint density at radius 1 is 1.14 bits per heavy atom. The lowest BCUT2D eigenvalue weighted by Crippen LogP contribution is -2.49. The fourth-order valence-corrected chi connectivity index (χ4v) is 7.38. The Hall–Kier alpha value is -2.39. The monoisotopic (exact) mass is 523 g/mol. The number of piperidine rings is 1. The molecule has 3 unspecified atom stereocenters. The maximum Gasteiger partial charge on any atom is 0.234 e. The smallest absolute Gasteiger partial charge is 0.234 e. The summed E-state index contributed by atoms with van der Waals surface area (Å²) in [6, 6.07) is 6.44. The molecule has 3 atom stereocenters. The van der Waals surface area contributed by atoms with E-state index >= 15 is 0 Å². The Morgan fingerprint density at radius 2 is 1.89 bits per heavy atom. The molecule has 4 heterocycles. The number of benzene rings is 1. The summed E-state index contributed by atoms with van der Waals surface area (Å²) in [6.07, 6.45) is 1.59. The minimum Gasteiger partial charge on any atom is -0.314 e. The number of carbonyl (C=O) groups excluding carboxylic acids is 2. The highest BCUT2D eigenvalue weighted by molar-refractivity contribution is 7.19. The van der Waals surface area contributed by atoms with Crippen molar-refractivity contribution in [3.63, 3.8) is 0 Å². The number of piperazine rings is 1. The lowest BCUT2D eigenvalue weighted by atomic mass is 9.97. The van der Waals surface area contributed by atoms with Gasteiger partial charge in [-0.1, -0.05) is 25.4 Å². The number of aryl methyl sites for hydroxylation is 1. The van der Waals surface area contributed by atoms with Crippen molar-refractivity contribution in [2.45, 2.75) is 46.8 Å². The number of halogens is 1. The van der Waals surface area contributed by atoms with Crippen LogP contribution in [0.5, 0.6) is 0 Å². The standard InChI is InChI=1S/C27H30ClN5O2S/c1-14-7-16(28)8-18(19(14)12-32-6-5-29-10-15(32)2)23-24-20(30-13-31-23)9-17(36-24)11-33-25(34)21-22(26(33)35)27(21,3)4/h7-9,13,15,21-22,29H,5-6,10-12H2,1-4H3. The number of imide groups is 1. The van der Waals surface area contributed by atoms with E-state index in [2.05, 4.69) is 29.0 Å². The summed E-state index contributed by atoms with van der Waals surface area (Å²) in [5.41, 5.74) is 4.85. The van der Waals surface area contributed by atoms with E-state index in [9.17, 15) is 9.59 Å². The molecule has 3 fully saturated rings. The maximum atomic E-state index is 12.9. The first kappa shape index (κ1) is 24.0. The quantitative estimate of drug-likeness (QED) is 0.504. The minimum absolute atomic E-state index is 0.0448. The fraction of sp³-hybridized carbons (Fsp3) is 0.481. The second kappa shape index (κ2) is 8.58. The van der Waals surface area contributed by atoms with Crippen molar-refractivity contribution < 1.29 is 9.59 Å². The second-order valence-corrected chi connectivity index (χ2v) is 12.5. The van der Waals surface area contributed by atoms with E-state index in [0.717, 1.165) is 58.1 Å². The largest absolute Gasteiger partial charge is 0.314 e. The van der Waals surface area contributed by atoms with E-state index in [1.54, 1.807) is 17.7 Å². The molecule has 9 heteroatoms. The van der Waals surface area contributed by atoms with Gasteiger partial charge in [0.15, 0.2) is 0 Å². The molecular weight excluding hydrogens is 494 g/mol. The molecule has 0 spiro atoms. The fourth-order valence-electron chi connectivity index (χ4n) is 6.00. The van der Waals surface area contributed by atoms with Crippen molar-refractivity contribution >= 4 is 45.0 Å². The molecule has 7 nitrogen and oxygen atoms in total. The first-order valence-electron chi connectivity index (χ1n) is 12.5. The topological polar surface area (TPSA) is 78.4 Å². The van der Waals surface area contributed by atoms with E-state index in [1.165, 1.54) is 10.5 Å². The number of rotatable bonds is 5. The number of thiophene rings is 1. The summed E-state index contributed by atoms with van der Waals surface area (Å²) in [7, 11) is 0. The van der Waals surface area contributed by atoms with Gasteiger partial charge in [-0.3, -0.25) is 19.4 Å². The average Bonchev–Trinajstić information content (AvgIpc) is 3.08. The third-order valence-corrected chi connectivity index (χ3v) is 9.59. The van der Waals surface area contributed by atoms with Gasteiger partial charge >= 0.3 is 0 Å². The van der Waals surface area contributed by atoms with E-state index in [4.69, 9.17) is 16.6 Å². The molecule has 6 rings (SSSR count). The van der Waals surface area contributed by atoms with Crippen molar-refractivity contribution in [2.24, 2.45) is 17.3 Å². The predicted molar refractivity (Wildman–Crippen MR) is 142 cm³/mol. The molecule has 3 aromatic rings. The second-order valence-electron chi connectivity index (χ2n) is 11.0. The zero-order valence-corrected chi connectivity index (χ0v) is 22.5. The summed E-state index contributed by atoms with van der Waals surface area (Å²) in [4.78, 5) is 39.8. The van der Waals surface area contributed by atoms with Gasteiger partial charge < -0.3 is 5.32 Å². The van der Waals surface area contributed by atoms with Crippen molar-refractivity contribution in [1.82, 2.24) is 25.1 Å². The number of amides is 2. The number of hydrogen-bond donors (Lipinski definition) is 1. The zero-order chi connectivity index (χ0) is 25.4. The summed E-state index contributed by atoms with van der Waals surface area (Å²) in [5, 5.41) is 4.14. The third-order valence-electron chi connectivity index (χ3n) is 8.26. The van der Waals surface area contributed by atoms with Crippen molar-refractivity contribution in [3.05, 3.63) is 45.6 Å². The highest BCUT2D eigenvalue weighted by Crippen LogP contribution is 2.63. The van der Waals surface area contributed by atoms with Crippen molar-refractivity contribution in [1.29, 1.82) is 0 Å². The Balaban J connectivity index is 1.36. The number of hydrogen-bond acceptors (Lipinski definition) is 7. The number of aromatic nitrogens is 2. The molecule has 3 aliphatic rings. The summed E-state index contributed by atoms with van der Waals surface area (Å²) >= 11 is 8.10. The lowest BCUT2D eigenvalue weighted by molar-refractivity contribution is -0.143. The van der Waals surface area contributed by atoms with E-state index in [0.29, 0.717) is 17.6 Å². The molecule has 1 N–H and O–H groups in total. The van der Waals surface area contributed by atoms with Crippen LogP contribution in [-0.4, -0.2) is 57.3 Å². The summed E-state index contributed by atoms with van der Waals surface area (Å²) < 4.78 is 0.952. The van der Waals surface area contributed by atoms with Crippen LogP contribution in [0.2, 0.25) is 5.02 Å². The van der Waals surface area contributed by atoms with Crippen LogP contribution in [0, 0.1) is 24.2 Å². The highest BCUT2D eigenvalue weighted by Gasteiger charge is 2.72. The van der Waals surface area contributed by atoms with Crippen molar-refractivity contribution in [3.8, 4) is 11.3 Å². The minimum atomic E-state index is -0.202. The third kappa shape index (κ3) is 3.77. The Morgan fingerprint density at radius 3 is 2.61 bits per heavy atom. The summed E-state index contributed by atoms with van der Waals surface area (Å²) in [5.74, 6) is -0.425. The van der Waals surface area contributed by atoms with Gasteiger partial charge in [0.2, 0.25) is 11.8 Å². The molecule has 1 saturated carbocycles. The van der Waals surface area contributed by atoms with E-state index in [1.807, 2.05) is 32.0 Å². The lowest BCUT2D eigenvalue weighted by Gasteiger charge is -2.34. The molecule has 2 amide bonds. The van der Waals surface area contributed by atoms with Crippen LogP contribution in [-0.2, 0) is 22.7 Å². The molecule has 2 aliphatic heterocycles. The highest BCUT2D eigenvalue weighted by atomic mass is 35.5. The molecule has 188 valence electrons. The first-order valence-corrected chi connectivity index (χ1v) is 13.7. The maximum absolute atomic E-state index is 12.9. The average molecular weight is 524 g/mol. The number of fused-ring (bicyclic) bond motifs is 2. The zero-order valence-electron chi connectivity index (χ0n) is 21.0. The molecule has 1 aromatic carbocycles. The van der Waals surface area contributed by atoms with Gasteiger partial charge in [0.1, 0.15) is 6.33 Å². The van der Waals surface area contributed by atoms with Gasteiger partial charge in [0.05, 0.1) is 34.3 Å².